The number of nitrogens with one attached hydrogen (secondary N) is 1. The fraction of sp³-hybridized carbons (Fsp3) is 0.440. The van der Waals surface area contributed by atoms with Crippen LogP contribution in [0.25, 0.3) is 0 Å². The summed E-state index contributed by atoms with van der Waals surface area (Å²) in [5.41, 5.74) is 1.83. The van der Waals surface area contributed by atoms with Crippen molar-refractivity contribution in [2.75, 3.05) is 17.1 Å². The molecule has 0 bridgehead atoms. The van der Waals surface area contributed by atoms with Gasteiger partial charge in [0, 0.05) is 12.6 Å². The van der Waals surface area contributed by atoms with E-state index < -0.39 is 34.3 Å². The maximum atomic E-state index is 13.7. The number of hydrogen-bond donors (Lipinski definition) is 1. The van der Waals surface area contributed by atoms with Gasteiger partial charge in [0.05, 0.1) is 17.0 Å². The Kier molecular flexibility index (Phi) is 10.1. The van der Waals surface area contributed by atoms with Gasteiger partial charge in [-0.05, 0) is 56.0 Å². The monoisotopic (exact) mass is 525 g/mol. The number of hydrogen-bond acceptors (Lipinski definition) is 4. The summed E-state index contributed by atoms with van der Waals surface area (Å²) in [5, 5.41) is 2.66. The number of carbonyl (C=O) groups is 2. The molecule has 0 aliphatic carbocycles. The minimum absolute atomic E-state index is 0.0557. The van der Waals surface area contributed by atoms with Gasteiger partial charge in [0.15, 0.2) is 0 Å². The van der Waals surface area contributed by atoms with E-state index in [0.29, 0.717) is 6.42 Å². The summed E-state index contributed by atoms with van der Waals surface area (Å²) in [7, 11) is -3.93. The first-order chi connectivity index (χ1) is 16.4. The Morgan fingerprint density at radius 2 is 1.77 bits per heavy atom. The topological polar surface area (TPSA) is 86.8 Å². The number of anilines is 1. The Hall–Kier alpha value is -2.65. The summed E-state index contributed by atoms with van der Waals surface area (Å²) >= 11 is 5.86. The number of rotatable bonds is 11. The normalized spacial score (nSPS) is 13.1. The Morgan fingerprint density at radius 1 is 1.11 bits per heavy atom. The van der Waals surface area contributed by atoms with Crippen LogP contribution < -0.4 is 9.62 Å². The van der Waals surface area contributed by atoms with E-state index in [0.717, 1.165) is 40.2 Å². The van der Waals surface area contributed by atoms with Crippen molar-refractivity contribution in [2.45, 2.75) is 59.2 Å². The molecule has 0 saturated heterocycles. The average molecular weight is 526 g/mol. The molecular formula is C25H33ClFN3O4S. The molecule has 0 heterocycles. The molecule has 0 saturated carbocycles. The minimum Gasteiger partial charge on any atom is -0.352 e. The molecule has 0 fully saturated rings. The largest absolute Gasteiger partial charge is 0.352 e. The summed E-state index contributed by atoms with van der Waals surface area (Å²) in [6.07, 6.45) is 2.01. The molecule has 2 aromatic carbocycles. The Bertz CT molecular complexity index is 1160. The van der Waals surface area contributed by atoms with Crippen molar-refractivity contribution in [3.63, 3.8) is 0 Å². The molecule has 0 radical (unpaired) electrons. The Labute approximate surface area is 212 Å². The highest BCUT2D eigenvalue weighted by Crippen LogP contribution is 2.25. The molecule has 2 amide bonds. The van der Waals surface area contributed by atoms with Gasteiger partial charge in [-0.2, -0.15) is 0 Å². The molecule has 2 rings (SSSR count). The third kappa shape index (κ3) is 7.67. The smallest absolute Gasteiger partial charge is 0.244 e. The molecule has 0 aliphatic heterocycles. The Balaban J connectivity index is 2.47. The maximum Gasteiger partial charge on any atom is 0.244 e. The number of benzene rings is 2. The fourth-order valence-electron chi connectivity index (χ4n) is 3.59. The zero-order valence-corrected chi connectivity index (χ0v) is 22.3. The van der Waals surface area contributed by atoms with E-state index in [4.69, 9.17) is 11.6 Å². The van der Waals surface area contributed by atoms with Gasteiger partial charge >= 0.3 is 0 Å². The molecule has 0 aromatic heterocycles. The molecule has 7 nitrogen and oxygen atoms in total. The van der Waals surface area contributed by atoms with Crippen LogP contribution in [0.1, 0.15) is 44.7 Å². The van der Waals surface area contributed by atoms with Gasteiger partial charge in [-0.15, -0.1) is 0 Å². The molecule has 35 heavy (non-hydrogen) atoms. The van der Waals surface area contributed by atoms with Crippen LogP contribution in [0, 0.1) is 12.7 Å². The summed E-state index contributed by atoms with van der Waals surface area (Å²) in [6, 6.07) is 10.0. The number of sulfonamides is 1. The molecule has 10 heteroatoms. The van der Waals surface area contributed by atoms with Crippen LogP contribution in [0.2, 0.25) is 5.02 Å². The predicted octanol–water partition coefficient (Wildman–Crippen LogP) is 4.28. The van der Waals surface area contributed by atoms with Crippen molar-refractivity contribution < 1.29 is 22.4 Å². The second-order valence-corrected chi connectivity index (χ2v) is 10.9. The van der Waals surface area contributed by atoms with Gasteiger partial charge in [0.25, 0.3) is 0 Å². The number of halogens is 2. The summed E-state index contributed by atoms with van der Waals surface area (Å²) in [4.78, 5) is 28.1. The van der Waals surface area contributed by atoms with Crippen LogP contribution in [0.4, 0.5) is 10.1 Å². The van der Waals surface area contributed by atoms with Crippen molar-refractivity contribution in [3.05, 3.63) is 64.4 Å². The van der Waals surface area contributed by atoms with E-state index in [1.807, 2.05) is 45.0 Å². The molecule has 1 N–H and O–H groups in total. The van der Waals surface area contributed by atoms with Gasteiger partial charge in [0.2, 0.25) is 21.8 Å². The van der Waals surface area contributed by atoms with Crippen LogP contribution in [0.5, 0.6) is 0 Å². The molecular weight excluding hydrogens is 493 g/mol. The highest BCUT2D eigenvalue weighted by molar-refractivity contribution is 7.92. The van der Waals surface area contributed by atoms with Crippen molar-refractivity contribution in [2.24, 2.45) is 0 Å². The van der Waals surface area contributed by atoms with Gasteiger partial charge in [0.1, 0.15) is 18.4 Å². The maximum absolute atomic E-state index is 13.7. The summed E-state index contributed by atoms with van der Waals surface area (Å²) in [5.74, 6) is -1.58. The number of nitrogens with zero attached hydrogens (tertiary/aromatic N) is 2. The van der Waals surface area contributed by atoms with Crippen molar-refractivity contribution in [1.82, 2.24) is 10.2 Å². The van der Waals surface area contributed by atoms with E-state index in [2.05, 4.69) is 5.32 Å². The average Bonchev–Trinajstić information content (AvgIpc) is 2.79. The highest BCUT2D eigenvalue weighted by Gasteiger charge is 2.32. The van der Waals surface area contributed by atoms with Gasteiger partial charge in [-0.25, -0.2) is 12.8 Å². The van der Waals surface area contributed by atoms with E-state index >= 15 is 0 Å². The van der Waals surface area contributed by atoms with Gasteiger partial charge in [-0.1, -0.05) is 49.7 Å². The quantitative estimate of drug-likeness (QED) is 0.474. The molecule has 2 aromatic rings. The SMILES string of the molecule is CC[C@@H](C)NC(=O)[C@H](CC)N(Cc1ccccc1C)C(=O)CN(c1ccc(F)c(Cl)c1)S(C)(=O)=O. The minimum atomic E-state index is -3.93. The van der Waals surface area contributed by atoms with Crippen molar-refractivity contribution in [3.8, 4) is 0 Å². The first kappa shape index (κ1) is 28.6. The van der Waals surface area contributed by atoms with E-state index in [-0.39, 0.29) is 29.2 Å². The fourth-order valence-corrected chi connectivity index (χ4v) is 4.60. The lowest BCUT2D eigenvalue weighted by atomic mass is 10.1. The van der Waals surface area contributed by atoms with Crippen LogP contribution in [-0.4, -0.2) is 50.0 Å². The van der Waals surface area contributed by atoms with Crippen LogP contribution in [-0.2, 0) is 26.2 Å². The lowest BCUT2D eigenvalue weighted by Crippen LogP contribution is -2.53. The lowest BCUT2D eigenvalue weighted by Gasteiger charge is -2.33. The second-order valence-electron chi connectivity index (χ2n) is 8.56. The molecule has 2 atom stereocenters. The first-order valence-electron chi connectivity index (χ1n) is 11.5. The molecule has 192 valence electrons. The zero-order chi connectivity index (χ0) is 26.3. The highest BCUT2D eigenvalue weighted by atomic mass is 35.5. The van der Waals surface area contributed by atoms with Crippen LogP contribution in [0.15, 0.2) is 42.5 Å². The predicted molar refractivity (Wildman–Crippen MR) is 137 cm³/mol. The second kappa shape index (κ2) is 12.4. The van der Waals surface area contributed by atoms with E-state index in [1.165, 1.54) is 11.0 Å². The molecule has 0 aliphatic rings. The number of carbonyl (C=O) groups excluding carboxylic acids is 2. The van der Waals surface area contributed by atoms with E-state index in [1.54, 1.807) is 6.92 Å². The number of aryl methyl sites for hydroxylation is 1. The van der Waals surface area contributed by atoms with Gasteiger partial charge < -0.3 is 10.2 Å². The summed E-state index contributed by atoms with van der Waals surface area (Å²) in [6.45, 7) is 7.08. The number of amides is 2. The van der Waals surface area contributed by atoms with Crippen LogP contribution >= 0.6 is 11.6 Å². The first-order valence-corrected chi connectivity index (χ1v) is 13.7. The Morgan fingerprint density at radius 3 is 2.31 bits per heavy atom. The zero-order valence-electron chi connectivity index (χ0n) is 20.7. The third-order valence-electron chi connectivity index (χ3n) is 5.86. The molecule has 0 unspecified atom stereocenters. The third-order valence-corrected chi connectivity index (χ3v) is 7.29. The van der Waals surface area contributed by atoms with Gasteiger partial charge in [-0.3, -0.25) is 13.9 Å². The summed E-state index contributed by atoms with van der Waals surface area (Å²) < 4.78 is 39.7. The van der Waals surface area contributed by atoms with Crippen molar-refractivity contribution >= 4 is 39.1 Å². The van der Waals surface area contributed by atoms with Crippen molar-refractivity contribution in [1.29, 1.82) is 0 Å². The van der Waals surface area contributed by atoms with Crippen LogP contribution in [0.3, 0.4) is 0 Å². The molecule has 0 spiro atoms. The lowest BCUT2D eigenvalue weighted by molar-refractivity contribution is -0.140. The standard InChI is InChI=1S/C25H33ClFN3O4S/c1-6-18(4)28-25(32)23(7-2)29(15-19-11-9-8-10-17(19)3)24(31)16-30(35(5,33)34)20-12-13-22(27)21(26)14-20/h8-14,18,23H,6-7,15-16H2,1-5H3,(H,28,32)/t18-,23+/m1/s1. The van der Waals surface area contributed by atoms with E-state index in [9.17, 15) is 22.4 Å².